The molecule has 7 nitrogen and oxygen atoms in total. The first kappa shape index (κ1) is 24.7. The number of hydrogen-bond acceptors (Lipinski definition) is 6. The van der Waals surface area contributed by atoms with Crippen molar-refractivity contribution in [1.29, 1.82) is 5.26 Å². The van der Waals surface area contributed by atoms with E-state index in [4.69, 9.17) is 28.5 Å². The number of carbonyl (C=O) groups is 1. The van der Waals surface area contributed by atoms with Gasteiger partial charge in [-0.1, -0.05) is 42.5 Å². The Morgan fingerprint density at radius 3 is 2.53 bits per heavy atom. The van der Waals surface area contributed by atoms with E-state index < -0.39 is 0 Å². The normalized spacial score (nSPS) is 24.1. The number of carbonyl (C=O) groups excluding carboxylic acids is 1. The molecule has 2 N–H and O–H groups in total. The summed E-state index contributed by atoms with van der Waals surface area (Å²) in [5, 5.41) is 30.4. The summed E-state index contributed by atoms with van der Waals surface area (Å²) in [6.45, 7) is 1.89. The van der Waals surface area contributed by atoms with Crippen molar-refractivity contribution >= 4 is 34.9 Å². The van der Waals surface area contributed by atoms with Crippen molar-refractivity contribution in [3.8, 4) is 6.07 Å². The number of halogens is 2. The van der Waals surface area contributed by atoms with E-state index in [-0.39, 0.29) is 23.5 Å². The van der Waals surface area contributed by atoms with Crippen molar-refractivity contribution in [3.63, 3.8) is 0 Å². The van der Waals surface area contributed by atoms with Crippen LogP contribution in [0.1, 0.15) is 67.4 Å². The molecule has 0 unspecified atom stereocenters. The molecule has 1 aromatic carbocycles. The summed E-state index contributed by atoms with van der Waals surface area (Å²) in [5.41, 5.74) is 1.13. The summed E-state index contributed by atoms with van der Waals surface area (Å²) in [7, 11) is 0. The molecule has 2 aromatic rings. The summed E-state index contributed by atoms with van der Waals surface area (Å²) in [6.07, 6.45) is 8.59. The molecule has 3 aliphatic rings. The molecule has 0 atom stereocenters. The van der Waals surface area contributed by atoms with Crippen LogP contribution in [0, 0.1) is 16.7 Å². The molecular formula is C25H29Cl2N5O2. The molecule has 180 valence electrons. The SMILES string of the molecule is N#Cc1ccc(Cl)cc1Cl.O=C(NC1CCCCC1)c1ccc(N2CCC3(CC(O)C3)C2)nn1. The topological polar surface area (TPSA) is 102 Å². The van der Waals surface area contributed by atoms with E-state index in [9.17, 15) is 9.90 Å². The Morgan fingerprint density at radius 1 is 1.15 bits per heavy atom. The molecule has 34 heavy (non-hydrogen) atoms. The van der Waals surface area contributed by atoms with Gasteiger partial charge in [-0.25, -0.2) is 0 Å². The van der Waals surface area contributed by atoms with Crippen molar-refractivity contribution in [1.82, 2.24) is 15.5 Å². The number of aromatic nitrogens is 2. The fraction of sp³-hybridized carbons (Fsp3) is 0.520. The van der Waals surface area contributed by atoms with Crippen LogP contribution in [0.25, 0.3) is 0 Å². The number of benzene rings is 1. The van der Waals surface area contributed by atoms with E-state index in [0.29, 0.717) is 21.3 Å². The molecule has 2 aliphatic carbocycles. The Morgan fingerprint density at radius 2 is 1.91 bits per heavy atom. The average Bonchev–Trinajstić information content (AvgIpc) is 3.25. The predicted molar refractivity (Wildman–Crippen MR) is 132 cm³/mol. The van der Waals surface area contributed by atoms with Gasteiger partial charge in [0.1, 0.15) is 6.07 Å². The number of nitrogens with one attached hydrogen (secondary N) is 1. The fourth-order valence-electron chi connectivity index (χ4n) is 5.11. The van der Waals surface area contributed by atoms with Crippen molar-refractivity contribution in [2.75, 3.05) is 18.0 Å². The van der Waals surface area contributed by atoms with Gasteiger partial charge in [0.2, 0.25) is 0 Å². The zero-order valence-corrected chi connectivity index (χ0v) is 20.5. The second-order valence-electron chi connectivity index (χ2n) is 9.55. The van der Waals surface area contributed by atoms with E-state index in [0.717, 1.165) is 51.0 Å². The van der Waals surface area contributed by atoms with Crippen LogP contribution in [0.3, 0.4) is 0 Å². The van der Waals surface area contributed by atoms with Crippen LogP contribution in [0.5, 0.6) is 0 Å². The Hall–Kier alpha value is -2.40. The van der Waals surface area contributed by atoms with Gasteiger partial charge >= 0.3 is 0 Å². The van der Waals surface area contributed by atoms with Gasteiger partial charge < -0.3 is 15.3 Å². The van der Waals surface area contributed by atoms with Crippen LogP contribution >= 0.6 is 23.2 Å². The van der Waals surface area contributed by atoms with E-state index in [1.165, 1.54) is 19.3 Å². The zero-order chi connectivity index (χ0) is 24.1. The molecule has 1 saturated heterocycles. The quantitative estimate of drug-likeness (QED) is 0.628. The van der Waals surface area contributed by atoms with E-state index in [2.05, 4.69) is 20.4 Å². The molecule has 0 radical (unpaired) electrons. The largest absolute Gasteiger partial charge is 0.393 e. The smallest absolute Gasteiger partial charge is 0.272 e. The predicted octanol–water partition coefficient (Wildman–Crippen LogP) is 4.76. The third-order valence-corrected chi connectivity index (χ3v) is 7.52. The Balaban J connectivity index is 0.000000231. The summed E-state index contributed by atoms with van der Waals surface area (Å²) in [5.74, 6) is 0.725. The van der Waals surface area contributed by atoms with Crippen molar-refractivity contribution < 1.29 is 9.90 Å². The first-order valence-corrected chi connectivity index (χ1v) is 12.6. The lowest BCUT2D eigenvalue weighted by molar-refractivity contribution is -0.0179. The number of hydrogen-bond donors (Lipinski definition) is 2. The summed E-state index contributed by atoms with van der Waals surface area (Å²) in [4.78, 5) is 14.5. The van der Waals surface area contributed by atoms with E-state index in [1.807, 2.05) is 12.1 Å². The minimum absolute atomic E-state index is 0.110. The van der Waals surface area contributed by atoms with Gasteiger partial charge in [-0.2, -0.15) is 5.26 Å². The van der Waals surface area contributed by atoms with E-state index in [1.54, 1.807) is 24.3 Å². The molecule has 2 saturated carbocycles. The Kier molecular flexibility index (Phi) is 7.92. The molecule has 1 spiro atoms. The number of nitrogens with zero attached hydrogens (tertiary/aromatic N) is 4. The number of aliphatic hydroxyl groups is 1. The lowest BCUT2D eigenvalue weighted by Crippen LogP contribution is -2.43. The monoisotopic (exact) mass is 501 g/mol. The van der Waals surface area contributed by atoms with Gasteiger partial charge in [-0.15, -0.1) is 10.2 Å². The lowest BCUT2D eigenvalue weighted by Gasteiger charge is -2.42. The maximum Gasteiger partial charge on any atom is 0.272 e. The molecule has 1 amide bonds. The molecule has 5 rings (SSSR count). The summed E-state index contributed by atoms with van der Waals surface area (Å²) in [6, 6.07) is 10.7. The average molecular weight is 502 g/mol. The number of amides is 1. The number of anilines is 1. The first-order valence-electron chi connectivity index (χ1n) is 11.8. The van der Waals surface area contributed by atoms with Crippen LogP contribution in [-0.4, -0.2) is 46.4 Å². The van der Waals surface area contributed by atoms with Gasteiger partial charge in [0, 0.05) is 24.2 Å². The number of rotatable bonds is 3. The third kappa shape index (κ3) is 5.99. The van der Waals surface area contributed by atoms with Crippen LogP contribution < -0.4 is 10.2 Å². The minimum Gasteiger partial charge on any atom is -0.393 e. The van der Waals surface area contributed by atoms with Gasteiger partial charge in [0.05, 0.1) is 16.7 Å². The van der Waals surface area contributed by atoms with Gasteiger partial charge in [-0.05, 0) is 67.9 Å². The van der Waals surface area contributed by atoms with E-state index >= 15 is 0 Å². The molecule has 9 heteroatoms. The standard InChI is InChI=1S/C18H26N4O2.C7H3Cl2N/c23-14-10-18(11-14)8-9-22(12-18)16-7-6-15(20-21-16)17(24)19-13-4-2-1-3-5-13;8-6-2-1-5(4-10)7(9)3-6/h6-7,13-14,23H,1-5,8-12H2,(H,19,24);1-3H. The molecule has 0 bridgehead atoms. The van der Waals surface area contributed by atoms with Crippen LogP contribution in [0.4, 0.5) is 5.82 Å². The van der Waals surface area contributed by atoms with Crippen LogP contribution in [-0.2, 0) is 0 Å². The highest BCUT2D eigenvalue weighted by atomic mass is 35.5. The van der Waals surface area contributed by atoms with Gasteiger partial charge in [0.15, 0.2) is 11.5 Å². The molecule has 1 aliphatic heterocycles. The Bertz CT molecular complexity index is 1040. The second kappa shape index (κ2) is 10.9. The van der Waals surface area contributed by atoms with Crippen molar-refractivity contribution in [3.05, 3.63) is 51.6 Å². The first-order chi connectivity index (χ1) is 16.4. The summed E-state index contributed by atoms with van der Waals surface area (Å²) >= 11 is 11.2. The number of aliphatic hydroxyl groups excluding tert-OH is 1. The Labute approximate surface area is 210 Å². The minimum atomic E-state index is -0.123. The highest BCUT2D eigenvalue weighted by molar-refractivity contribution is 6.35. The van der Waals surface area contributed by atoms with Crippen molar-refractivity contribution in [2.24, 2.45) is 5.41 Å². The summed E-state index contributed by atoms with van der Waals surface area (Å²) < 4.78 is 0. The fourth-order valence-corrected chi connectivity index (χ4v) is 5.56. The maximum absolute atomic E-state index is 12.3. The third-order valence-electron chi connectivity index (χ3n) is 6.97. The van der Waals surface area contributed by atoms with Crippen LogP contribution in [0.2, 0.25) is 10.0 Å². The molecule has 1 aromatic heterocycles. The molecule has 3 fully saturated rings. The zero-order valence-electron chi connectivity index (χ0n) is 19.0. The molecule has 2 heterocycles. The lowest BCUT2D eigenvalue weighted by atomic mass is 9.66. The number of nitriles is 1. The highest BCUT2D eigenvalue weighted by Gasteiger charge is 2.48. The van der Waals surface area contributed by atoms with Crippen LogP contribution in [0.15, 0.2) is 30.3 Å². The van der Waals surface area contributed by atoms with Gasteiger partial charge in [0.25, 0.3) is 5.91 Å². The van der Waals surface area contributed by atoms with Crippen molar-refractivity contribution in [2.45, 2.75) is 63.5 Å². The second-order valence-corrected chi connectivity index (χ2v) is 10.4. The molecular weight excluding hydrogens is 473 g/mol. The maximum atomic E-state index is 12.3. The highest BCUT2D eigenvalue weighted by Crippen LogP contribution is 2.48. The van der Waals surface area contributed by atoms with Gasteiger partial charge in [-0.3, -0.25) is 4.79 Å².